The molecule has 0 fully saturated rings. The first-order valence-corrected chi connectivity index (χ1v) is 14.0. The Bertz CT molecular complexity index is 2090. The lowest BCUT2D eigenvalue weighted by atomic mass is 9.85. The van der Waals surface area contributed by atoms with Gasteiger partial charge in [-0.25, -0.2) is 0 Å². The Balaban J connectivity index is 1.59. The van der Waals surface area contributed by atoms with Crippen LogP contribution in [-0.2, 0) is 0 Å². The van der Waals surface area contributed by atoms with E-state index in [9.17, 15) is 0 Å². The zero-order valence-corrected chi connectivity index (χ0v) is 22.7. The molecular weight excluding hydrogens is 480 g/mol. The zero-order chi connectivity index (χ0) is 26.8. The van der Waals surface area contributed by atoms with Gasteiger partial charge in [0.15, 0.2) is 0 Å². The van der Waals surface area contributed by atoms with Crippen LogP contribution in [0, 0.1) is 13.8 Å². The molecule has 188 valence electrons. The van der Waals surface area contributed by atoms with Crippen molar-refractivity contribution in [2.24, 2.45) is 0 Å². The van der Waals surface area contributed by atoms with Crippen LogP contribution in [0.15, 0.2) is 133 Å². The predicted octanol–water partition coefficient (Wildman–Crippen LogP) is 11.4. The molecule has 0 amide bonds. The third-order valence-corrected chi connectivity index (χ3v) is 8.57. The van der Waals surface area contributed by atoms with Gasteiger partial charge in [-0.15, -0.1) is 0 Å². The summed E-state index contributed by atoms with van der Waals surface area (Å²) in [5.41, 5.74) is 7.56. The van der Waals surface area contributed by atoms with E-state index in [0.29, 0.717) is 0 Å². The van der Waals surface area contributed by atoms with Gasteiger partial charge in [0.25, 0.3) is 0 Å². The molecule has 0 spiro atoms. The van der Waals surface area contributed by atoms with Crippen molar-refractivity contribution in [3.63, 3.8) is 0 Å². The van der Waals surface area contributed by atoms with Crippen LogP contribution >= 0.6 is 0 Å². The summed E-state index contributed by atoms with van der Waals surface area (Å²) in [6.45, 7) is 4.29. The predicted molar refractivity (Wildman–Crippen MR) is 174 cm³/mol. The molecule has 0 heteroatoms. The van der Waals surface area contributed by atoms with Gasteiger partial charge in [-0.05, 0) is 102 Å². The van der Waals surface area contributed by atoms with Gasteiger partial charge in [0, 0.05) is 0 Å². The molecule has 0 aliphatic heterocycles. The summed E-state index contributed by atoms with van der Waals surface area (Å²) in [6, 6.07) is 49.7. The summed E-state index contributed by atoms with van der Waals surface area (Å²) < 4.78 is 0. The van der Waals surface area contributed by atoms with Crippen molar-refractivity contribution in [2.75, 3.05) is 0 Å². The summed E-state index contributed by atoms with van der Waals surface area (Å²) in [4.78, 5) is 0. The second-order valence-electron chi connectivity index (χ2n) is 11.1. The standard InChI is InChI=1S/C40H28/c1-25-11-15-27(16-12-25)29-19-21-33-31-7-3-6-10-36(31)40-38-24-30(28-17-13-26(2)14-18-28)20-22-34(38)32-8-4-5-9-35(32)39(40)37(33)23-29/h3-24H,1-2H3. The third kappa shape index (κ3) is 3.46. The van der Waals surface area contributed by atoms with Crippen LogP contribution in [0.4, 0.5) is 0 Å². The SMILES string of the molecule is Cc1ccc(-c2ccc3c4ccccc4c4c5cc(-c6ccc(C)cc6)ccc5c5ccccc5c4c3c2)cc1. The number of benzene rings is 8. The fourth-order valence-corrected chi connectivity index (χ4v) is 6.52. The Kier molecular flexibility index (Phi) is 5.06. The largest absolute Gasteiger partial charge is 0.0616 e. The number of aryl methyl sites for hydroxylation is 2. The Morgan fingerprint density at radius 2 is 0.600 bits per heavy atom. The van der Waals surface area contributed by atoms with E-state index in [-0.39, 0.29) is 0 Å². The summed E-state index contributed by atoms with van der Waals surface area (Å²) in [5, 5.41) is 13.1. The molecule has 8 rings (SSSR count). The molecule has 0 N–H and O–H groups in total. The average molecular weight is 509 g/mol. The first-order chi connectivity index (χ1) is 19.7. The van der Waals surface area contributed by atoms with Gasteiger partial charge >= 0.3 is 0 Å². The number of hydrogen-bond donors (Lipinski definition) is 0. The quantitative estimate of drug-likeness (QED) is 0.204. The van der Waals surface area contributed by atoms with E-state index in [1.54, 1.807) is 0 Å². The Morgan fingerprint density at radius 3 is 1.00 bits per heavy atom. The van der Waals surface area contributed by atoms with Crippen molar-refractivity contribution >= 4 is 53.9 Å². The molecule has 0 saturated carbocycles. The highest BCUT2D eigenvalue weighted by Gasteiger charge is 2.17. The minimum Gasteiger partial charge on any atom is -0.0616 e. The topological polar surface area (TPSA) is 0 Å². The van der Waals surface area contributed by atoms with E-state index < -0.39 is 0 Å². The summed E-state index contributed by atoms with van der Waals surface area (Å²) in [5.74, 6) is 0. The van der Waals surface area contributed by atoms with Crippen molar-refractivity contribution in [3.05, 3.63) is 145 Å². The second kappa shape index (κ2) is 8.79. The van der Waals surface area contributed by atoms with Crippen LogP contribution in [-0.4, -0.2) is 0 Å². The van der Waals surface area contributed by atoms with E-state index >= 15 is 0 Å². The fraction of sp³-hybridized carbons (Fsp3) is 0.0500. The first kappa shape index (κ1) is 23.0. The Morgan fingerprint density at radius 1 is 0.275 bits per heavy atom. The molecule has 0 bridgehead atoms. The highest BCUT2D eigenvalue weighted by Crippen LogP contribution is 2.45. The number of rotatable bonds is 2. The van der Waals surface area contributed by atoms with Crippen LogP contribution in [0.2, 0.25) is 0 Å². The maximum atomic E-state index is 2.41. The summed E-state index contributed by atoms with van der Waals surface area (Å²) >= 11 is 0. The van der Waals surface area contributed by atoms with Crippen LogP contribution in [0.25, 0.3) is 76.1 Å². The Hall–Kier alpha value is -4.94. The van der Waals surface area contributed by atoms with Gasteiger partial charge in [0.1, 0.15) is 0 Å². The van der Waals surface area contributed by atoms with Crippen molar-refractivity contribution < 1.29 is 0 Å². The minimum atomic E-state index is 1.25. The molecule has 0 heterocycles. The molecule has 0 atom stereocenters. The van der Waals surface area contributed by atoms with E-state index in [1.165, 1.54) is 87.2 Å². The van der Waals surface area contributed by atoms with Crippen molar-refractivity contribution in [1.29, 1.82) is 0 Å². The highest BCUT2D eigenvalue weighted by atomic mass is 14.2. The Labute approximate surface area is 234 Å². The molecule has 40 heavy (non-hydrogen) atoms. The fourth-order valence-electron chi connectivity index (χ4n) is 6.52. The van der Waals surface area contributed by atoms with E-state index in [2.05, 4.69) is 147 Å². The lowest BCUT2D eigenvalue weighted by molar-refractivity contribution is 1.47. The average Bonchev–Trinajstić information content (AvgIpc) is 3.01. The lowest BCUT2D eigenvalue weighted by Crippen LogP contribution is -1.90. The number of hydrogen-bond acceptors (Lipinski definition) is 0. The molecule has 0 aliphatic carbocycles. The van der Waals surface area contributed by atoms with E-state index in [1.807, 2.05) is 0 Å². The molecule has 0 aromatic heterocycles. The maximum absolute atomic E-state index is 2.41. The van der Waals surface area contributed by atoms with Gasteiger partial charge in [-0.2, -0.15) is 0 Å². The van der Waals surface area contributed by atoms with Crippen molar-refractivity contribution in [3.8, 4) is 22.3 Å². The monoisotopic (exact) mass is 508 g/mol. The first-order valence-electron chi connectivity index (χ1n) is 14.0. The van der Waals surface area contributed by atoms with Gasteiger partial charge < -0.3 is 0 Å². The van der Waals surface area contributed by atoms with Gasteiger partial charge in [0.05, 0.1) is 0 Å². The van der Waals surface area contributed by atoms with Crippen molar-refractivity contribution in [1.82, 2.24) is 0 Å². The summed E-state index contributed by atoms with van der Waals surface area (Å²) in [7, 11) is 0. The molecule has 0 radical (unpaired) electrons. The van der Waals surface area contributed by atoms with E-state index in [4.69, 9.17) is 0 Å². The van der Waals surface area contributed by atoms with Gasteiger partial charge in [-0.3, -0.25) is 0 Å². The molecule has 0 unspecified atom stereocenters. The molecule has 8 aromatic rings. The second-order valence-corrected chi connectivity index (χ2v) is 11.1. The zero-order valence-electron chi connectivity index (χ0n) is 22.7. The molecule has 0 nitrogen and oxygen atoms in total. The normalized spacial score (nSPS) is 11.8. The smallest absolute Gasteiger partial charge is 0.00137 e. The minimum absolute atomic E-state index is 1.25. The van der Waals surface area contributed by atoms with E-state index in [0.717, 1.165) is 0 Å². The molecule has 8 aromatic carbocycles. The highest BCUT2D eigenvalue weighted by molar-refractivity contribution is 6.39. The third-order valence-electron chi connectivity index (χ3n) is 8.57. The van der Waals surface area contributed by atoms with Crippen molar-refractivity contribution in [2.45, 2.75) is 13.8 Å². The molecule has 0 saturated heterocycles. The van der Waals surface area contributed by atoms with Gasteiger partial charge in [-0.1, -0.05) is 132 Å². The maximum Gasteiger partial charge on any atom is -0.00137 e. The van der Waals surface area contributed by atoms with Crippen LogP contribution in [0.1, 0.15) is 11.1 Å². The molecular formula is C40H28. The summed E-state index contributed by atoms with van der Waals surface area (Å²) in [6.07, 6.45) is 0. The van der Waals surface area contributed by atoms with Gasteiger partial charge in [0.2, 0.25) is 0 Å². The lowest BCUT2D eigenvalue weighted by Gasteiger charge is -2.18. The van der Waals surface area contributed by atoms with Crippen LogP contribution in [0.3, 0.4) is 0 Å². The molecule has 0 aliphatic rings. The van der Waals surface area contributed by atoms with Crippen LogP contribution < -0.4 is 0 Å². The van der Waals surface area contributed by atoms with Crippen LogP contribution in [0.5, 0.6) is 0 Å². The number of fused-ring (bicyclic) bond motifs is 11.